The Morgan fingerprint density at radius 1 is 1.17 bits per heavy atom. The van der Waals surface area contributed by atoms with Gasteiger partial charge in [0.15, 0.2) is 0 Å². The number of hydrogen-bond donors (Lipinski definition) is 1. The summed E-state index contributed by atoms with van der Waals surface area (Å²) >= 11 is 0. The summed E-state index contributed by atoms with van der Waals surface area (Å²) in [5.41, 5.74) is 1.35. The highest BCUT2D eigenvalue weighted by molar-refractivity contribution is 7.89. The highest BCUT2D eigenvalue weighted by Gasteiger charge is 2.26. The Kier molecular flexibility index (Phi) is 6.80. The van der Waals surface area contributed by atoms with E-state index in [1.807, 2.05) is 0 Å². The number of carbonyl (C=O) groups is 1. The van der Waals surface area contributed by atoms with E-state index >= 15 is 0 Å². The first-order valence-electron chi connectivity index (χ1n) is 9.50. The number of amides is 1. The van der Waals surface area contributed by atoms with Crippen molar-refractivity contribution in [2.24, 2.45) is 0 Å². The molecule has 10 heteroatoms. The van der Waals surface area contributed by atoms with Gasteiger partial charge in [0.05, 0.1) is 23.0 Å². The normalized spacial score (nSPS) is 15.0. The zero-order valence-electron chi connectivity index (χ0n) is 16.5. The van der Waals surface area contributed by atoms with Crippen molar-refractivity contribution in [2.45, 2.75) is 18.2 Å². The van der Waals surface area contributed by atoms with E-state index in [0.717, 1.165) is 5.56 Å². The van der Waals surface area contributed by atoms with E-state index in [0.29, 0.717) is 44.8 Å². The second-order valence-corrected chi connectivity index (χ2v) is 8.81. The molecule has 0 radical (unpaired) electrons. The van der Waals surface area contributed by atoms with Crippen molar-refractivity contribution in [1.82, 2.24) is 9.62 Å². The summed E-state index contributed by atoms with van der Waals surface area (Å²) in [7, 11) is -3.54. The van der Waals surface area contributed by atoms with Crippen molar-refractivity contribution in [3.8, 4) is 0 Å². The fourth-order valence-corrected chi connectivity index (χ4v) is 4.65. The SMILES string of the molecule is Cc1c(C(=O)NCCc2ccc(S(=O)(=O)N3CCOCC3)cc2)cccc1[N+](=O)[O-]. The van der Waals surface area contributed by atoms with Crippen LogP contribution in [0.4, 0.5) is 5.69 Å². The number of nitro benzene ring substituents is 1. The number of sulfonamides is 1. The van der Waals surface area contributed by atoms with E-state index in [9.17, 15) is 23.3 Å². The van der Waals surface area contributed by atoms with Crippen LogP contribution >= 0.6 is 0 Å². The van der Waals surface area contributed by atoms with E-state index in [4.69, 9.17) is 4.74 Å². The van der Waals surface area contributed by atoms with E-state index in [1.165, 1.54) is 16.4 Å². The lowest BCUT2D eigenvalue weighted by Crippen LogP contribution is -2.40. The minimum Gasteiger partial charge on any atom is -0.379 e. The van der Waals surface area contributed by atoms with Crippen LogP contribution in [0, 0.1) is 17.0 Å². The zero-order chi connectivity index (χ0) is 21.7. The third-order valence-electron chi connectivity index (χ3n) is 4.98. The molecule has 3 rings (SSSR count). The molecular formula is C20H23N3O6S. The number of nitrogens with one attached hydrogen (secondary N) is 1. The average Bonchev–Trinajstić information content (AvgIpc) is 2.74. The molecule has 0 bridgehead atoms. The monoisotopic (exact) mass is 433 g/mol. The number of benzene rings is 2. The Bertz CT molecular complexity index is 1030. The summed E-state index contributed by atoms with van der Waals surface area (Å²) in [4.78, 5) is 23.1. The predicted octanol–water partition coefficient (Wildman–Crippen LogP) is 1.90. The molecule has 0 saturated carbocycles. The van der Waals surface area contributed by atoms with Gasteiger partial charge in [0.1, 0.15) is 0 Å². The van der Waals surface area contributed by atoms with Crippen LogP contribution in [0.3, 0.4) is 0 Å². The molecule has 1 N–H and O–H groups in total. The van der Waals surface area contributed by atoms with Crippen molar-refractivity contribution in [3.63, 3.8) is 0 Å². The standard InChI is InChI=1S/C20H23N3O6S/c1-15-18(3-2-4-19(15)23(25)26)20(24)21-10-9-16-5-7-17(8-6-16)30(27,28)22-11-13-29-14-12-22/h2-8H,9-14H2,1H3,(H,21,24). The molecule has 1 aliphatic rings. The van der Waals surface area contributed by atoms with Crippen molar-refractivity contribution in [1.29, 1.82) is 0 Å². The number of hydrogen-bond acceptors (Lipinski definition) is 6. The van der Waals surface area contributed by atoms with Gasteiger partial charge in [-0.2, -0.15) is 4.31 Å². The van der Waals surface area contributed by atoms with Gasteiger partial charge in [-0.25, -0.2) is 8.42 Å². The Labute approximate surface area is 174 Å². The van der Waals surface area contributed by atoms with Crippen molar-refractivity contribution in [3.05, 3.63) is 69.3 Å². The first-order chi connectivity index (χ1) is 14.3. The highest BCUT2D eigenvalue weighted by Crippen LogP contribution is 2.21. The van der Waals surface area contributed by atoms with Gasteiger partial charge in [-0.15, -0.1) is 0 Å². The number of ether oxygens (including phenoxy) is 1. The summed E-state index contributed by atoms with van der Waals surface area (Å²) in [5, 5.41) is 13.8. The number of rotatable bonds is 7. The molecule has 2 aromatic rings. The van der Waals surface area contributed by atoms with Gasteiger partial charge in [-0.1, -0.05) is 18.2 Å². The van der Waals surface area contributed by atoms with Gasteiger partial charge in [-0.05, 0) is 37.1 Å². The number of nitrogens with zero attached hydrogens (tertiary/aromatic N) is 2. The molecule has 9 nitrogen and oxygen atoms in total. The van der Waals surface area contributed by atoms with Crippen molar-refractivity contribution < 1.29 is 22.9 Å². The smallest absolute Gasteiger partial charge is 0.273 e. The molecule has 1 amide bonds. The molecule has 0 aliphatic carbocycles. The van der Waals surface area contributed by atoms with Gasteiger partial charge in [0.25, 0.3) is 11.6 Å². The third kappa shape index (κ3) is 4.84. The summed E-state index contributed by atoms with van der Waals surface area (Å²) in [6.07, 6.45) is 0.498. The maximum Gasteiger partial charge on any atom is 0.273 e. The van der Waals surface area contributed by atoms with E-state index in [1.54, 1.807) is 37.3 Å². The van der Waals surface area contributed by atoms with Crippen LogP contribution in [-0.4, -0.2) is 56.4 Å². The summed E-state index contributed by atoms with van der Waals surface area (Å²) < 4.78 is 31.9. The van der Waals surface area contributed by atoms with Crippen molar-refractivity contribution >= 4 is 21.6 Å². The fourth-order valence-electron chi connectivity index (χ4n) is 3.25. The maximum absolute atomic E-state index is 12.6. The van der Waals surface area contributed by atoms with E-state index in [2.05, 4.69) is 5.32 Å². The summed E-state index contributed by atoms with van der Waals surface area (Å²) in [6, 6.07) is 10.9. The van der Waals surface area contributed by atoms with Crippen LogP contribution in [0.15, 0.2) is 47.4 Å². The minimum atomic E-state index is -3.54. The maximum atomic E-state index is 12.6. The molecule has 0 atom stereocenters. The molecule has 1 aliphatic heterocycles. The largest absolute Gasteiger partial charge is 0.379 e. The van der Waals surface area contributed by atoms with Gasteiger partial charge in [0, 0.05) is 36.8 Å². The molecular weight excluding hydrogens is 410 g/mol. The quantitative estimate of drug-likeness (QED) is 0.526. The molecule has 30 heavy (non-hydrogen) atoms. The first-order valence-corrected chi connectivity index (χ1v) is 10.9. The van der Waals surface area contributed by atoms with Crippen LogP contribution in [-0.2, 0) is 21.2 Å². The molecule has 0 aromatic heterocycles. The lowest BCUT2D eigenvalue weighted by molar-refractivity contribution is -0.385. The van der Waals surface area contributed by atoms with Gasteiger partial charge in [0.2, 0.25) is 10.0 Å². The summed E-state index contributed by atoms with van der Waals surface area (Å²) in [5.74, 6) is -0.386. The minimum absolute atomic E-state index is 0.0975. The molecule has 1 fully saturated rings. The molecule has 160 valence electrons. The molecule has 1 saturated heterocycles. The van der Waals surface area contributed by atoms with Crippen LogP contribution in [0.1, 0.15) is 21.5 Å². The molecule has 2 aromatic carbocycles. The number of nitro groups is 1. The third-order valence-corrected chi connectivity index (χ3v) is 6.89. The van der Waals surface area contributed by atoms with E-state index in [-0.39, 0.29) is 22.1 Å². The van der Waals surface area contributed by atoms with Crippen LogP contribution < -0.4 is 5.32 Å². The predicted molar refractivity (Wildman–Crippen MR) is 110 cm³/mol. The van der Waals surface area contributed by atoms with Crippen LogP contribution in [0.2, 0.25) is 0 Å². The van der Waals surface area contributed by atoms with Gasteiger partial charge < -0.3 is 10.1 Å². The molecule has 0 unspecified atom stereocenters. The van der Waals surface area contributed by atoms with Crippen LogP contribution in [0.25, 0.3) is 0 Å². The summed E-state index contributed by atoms with van der Waals surface area (Å²) in [6.45, 7) is 3.32. The Balaban J connectivity index is 1.59. The topological polar surface area (TPSA) is 119 Å². The van der Waals surface area contributed by atoms with Gasteiger partial charge >= 0.3 is 0 Å². The fraction of sp³-hybridized carbons (Fsp3) is 0.350. The number of carbonyl (C=O) groups excluding carboxylic acids is 1. The van der Waals surface area contributed by atoms with Gasteiger partial charge in [-0.3, -0.25) is 14.9 Å². The lowest BCUT2D eigenvalue weighted by Gasteiger charge is -2.26. The second kappa shape index (κ2) is 9.33. The lowest BCUT2D eigenvalue weighted by atomic mass is 10.1. The zero-order valence-corrected chi connectivity index (χ0v) is 17.4. The Hall–Kier alpha value is -2.82. The highest BCUT2D eigenvalue weighted by atomic mass is 32.2. The average molecular weight is 433 g/mol. The van der Waals surface area contributed by atoms with Crippen molar-refractivity contribution in [2.75, 3.05) is 32.8 Å². The molecule has 1 heterocycles. The van der Waals surface area contributed by atoms with E-state index < -0.39 is 14.9 Å². The Morgan fingerprint density at radius 2 is 1.83 bits per heavy atom. The first kappa shape index (κ1) is 21.9. The molecule has 0 spiro atoms. The Morgan fingerprint density at radius 3 is 2.47 bits per heavy atom. The van der Waals surface area contributed by atoms with Crippen LogP contribution in [0.5, 0.6) is 0 Å². The number of morpholine rings is 1. The second-order valence-electron chi connectivity index (χ2n) is 6.87.